The number of likely N-dealkylation sites (tertiary alicyclic amines) is 1. The number of aromatic nitrogens is 4. The molecule has 3 heterocycles. The highest BCUT2D eigenvalue weighted by Gasteiger charge is 2.19. The van der Waals surface area contributed by atoms with Crippen LogP contribution in [0.4, 0.5) is 5.95 Å². The second-order valence-corrected chi connectivity index (χ2v) is 4.80. The second-order valence-electron chi connectivity index (χ2n) is 4.80. The Morgan fingerprint density at radius 1 is 1.32 bits per heavy atom. The van der Waals surface area contributed by atoms with Crippen LogP contribution in [0.25, 0.3) is 5.65 Å². The number of rotatable bonds is 3. The zero-order valence-electron chi connectivity index (χ0n) is 11.2. The van der Waals surface area contributed by atoms with Crippen molar-refractivity contribution in [3.8, 4) is 6.01 Å². The monoisotopic (exact) mass is 262 g/mol. The average Bonchev–Trinajstić information content (AvgIpc) is 2.89. The quantitative estimate of drug-likeness (QED) is 0.875. The molecule has 3 rings (SSSR count). The molecule has 102 valence electrons. The van der Waals surface area contributed by atoms with Crippen molar-refractivity contribution in [2.75, 3.05) is 32.5 Å². The number of piperidine rings is 1. The van der Waals surface area contributed by atoms with Gasteiger partial charge in [-0.25, -0.2) is 0 Å². The fraction of sp³-hybridized carbons (Fsp3) is 0.583. The van der Waals surface area contributed by atoms with Gasteiger partial charge in [0, 0.05) is 26.2 Å². The van der Waals surface area contributed by atoms with Gasteiger partial charge in [0.2, 0.25) is 5.95 Å². The highest BCUT2D eigenvalue weighted by atomic mass is 16.5. The lowest BCUT2D eigenvalue weighted by atomic mass is 10.1. The van der Waals surface area contributed by atoms with Crippen LogP contribution in [0.5, 0.6) is 6.01 Å². The molecule has 1 N–H and O–H groups in total. The van der Waals surface area contributed by atoms with Crippen LogP contribution >= 0.6 is 0 Å². The summed E-state index contributed by atoms with van der Waals surface area (Å²) in [6.45, 7) is 2.11. The van der Waals surface area contributed by atoms with Gasteiger partial charge in [-0.1, -0.05) is 0 Å². The summed E-state index contributed by atoms with van der Waals surface area (Å²) in [7, 11) is 3.94. The Morgan fingerprint density at radius 3 is 2.84 bits per heavy atom. The number of nitrogens with one attached hydrogen (secondary N) is 1. The fourth-order valence-electron chi connectivity index (χ4n) is 2.27. The summed E-state index contributed by atoms with van der Waals surface area (Å²) in [5.74, 6) is 0.637. The first-order chi connectivity index (χ1) is 9.26. The van der Waals surface area contributed by atoms with Crippen LogP contribution in [-0.2, 0) is 0 Å². The summed E-state index contributed by atoms with van der Waals surface area (Å²) in [6.07, 6.45) is 3.93. The number of ether oxygens (including phenoxy) is 1. The maximum Gasteiger partial charge on any atom is 0.322 e. The van der Waals surface area contributed by atoms with Gasteiger partial charge in [0.15, 0.2) is 5.65 Å². The molecule has 0 radical (unpaired) electrons. The highest BCUT2D eigenvalue weighted by molar-refractivity contribution is 5.44. The van der Waals surface area contributed by atoms with E-state index in [1.54, 1.807) is 10.7 Å². The zero-order chi connectivity index (χ0) is 13.2. The molecule has 1 aliphatic heterocycles. The molecule has 0 amide bonds. The van der Waals surface area contributed by atoms with Crippen molar-refractivity contribution in [2.24, 2.45) is 0 Å². The minimum absolute atomic E-state index is 0.200. The van der Waals surface area contributed by atoms with Crippen molar-refractivity contribution in [2.45, 2.75) is 18.9 Å². The molecule has 2 aromatic heterocycles. The molecular weight excluding hydrogens is 244 g/mol. The third-order valence-corrected chi connectivity index (χ3v) is 3.40. The first kappa shape index (κ1) is 12.2. The van der Waals surface area contributed by atoms with Crippen LogP contribution in [0.3, 0.4) is 0 Å². The lowest BCUT2D eigenvalue weighted by Gasteiger charge is -2.28. The average molecular weight is 262 g/mol. The first-order valence-electron chi connectivity index (χ1n) is 6.51. The Morgan fingerprint density at radius 2 is 2.11 bits per heavy atom. The minimum atomic E-state index is 0.200. The van der Waals surface area contributed by atoms with E-state index in [1.165, 1.54) is 0 Å². The molecular formula is C12H18N6O. The Labute approximate surface area is 111 Å². The lowest BCUT2D eigenvalue weighted by molar-refractivity contribution is 0.105. The van der Waals surface area contributed by atoms with E-state index in [0.717, 1.165) is 31.6 Å². The zero-order valence-corrected chi connectivity index (χ0v) is 11.2. The molecule has 1 saturated heterocycles. The highest BCUT2D eigenvalue weighted by Crippen LogP contribution is 2.17. The predicted octanol–water partition coefficient (Wildman–Crippen LogP) is 0.639. The molecule has 7 nitrogen and oxygen atoms in total. The van der Waals surface area contributed by atoms with E-state index >= 15 is 0 Å². The lowest BCUT2D eigenvalue weighted by Crippen LogP contribution is -2.36. The Hall–Kier alpha value is -1.89. The van der Waals surface area contributed by atoms with E-state index < -0.39 is 0 Å². The third kappa shape index (κ3) is 2.46. The predicted molar refractivity (Wildman–Crippen MR) is 71.5 cm³/mol. The standard InChI is InChI=1S/C12H18N6O/c1-13-11-16-12(15-10-3-6-14-18(10)11)19-9-4-7-17(2)8-5-9/h3,6,9H,4-5,7-8H2,1-2H3,(H,13,15,16). The van der Waals surface area contributed by atoms with Crippen molar-refractivity contribution in [3.63, 3.8) is 0 Å². The fourth-order valence-corrected chi connectivity index (χ4v) is 2.27. The van der Waals surface area contributed by atoms with Gasteiger partial charge in [-0.05, 0) is 19.9 Å². The molecule has 19 heavy (non-hydrogen) atoms. The van der Waals surface area contributed by atoms with E-state index in [-0.39, 0.29) is 6.10 Å². The SMILES string of the molecule is CNc1nc(OC2CCN(C)CC2)nc2ccnn12. The van der Waals surface area contributed by atoms with Crippen molar-refractivity contribution in [1.29, 1.82) is 0 Å². The summed E-state index contributed by atoms with van der Waals surface area (Å²) in [5, 5.41) is 7.16. The van der Waals surface area contributed by atoms with Gasteiger partial charge in [0.05, 0.1) is 6.20 Å². The molecule has 0 saturated carbocycles. The van der Waals surface area contributed by atoms with Crippen LogP contribution in [0, 0.1) is 0 Å². The molecule has 0 bridgehead atoms. The number of nitrogens with zero attached hydrogens (tertiary/aromatic N) is 5. The van der Waals surface area contributed by atoms with Gasteiger partial charge in [-0.2, -0.15) is 19.6 Å². The molecule has 0 aliphatic carbocycles. The van der Waals surface area contributed by atoms with Gasteiger partial charge in [-0.3, -0.25) is 0 Å². The van der Waals surface area contributed by atoms with Gasteiger partial charge in [0.1, 0.15) is 6.10 Å². The van der Waals surface area contributed by atoms with E-state index in [0.29, 0.717) is 12.0 Å². The van der Waals surface area contributed by atoms with Crippen LogP contribution in [0.15, 0.2) is 12.3 Å². The smallest absolute Gasteiger partial charge is 0.322 e. The minimum Gasteiger partial charge on any atom is -0.460 e. The number of anilines is 1. The Kier molecular flexibility index (Phi) is 3.20. The van der Waals surface area contributed by atoms with E-state index in [1.807, 2.05) is 13.1 Å². The maximum atomic E-state index is 5.89. The van der Waals surface area contributed by atoms with Crippen molar-refractivity contribution < 1.29 is 4.74 Å². The van der Waals surface area contributed by atoms with Crippen LogP contribution in [0.2, 0.25) is 0 Å². The number of hydrogen-bond acceptors (Lipinski definition) is 6. The molecule has 0 atom stereocenters. The number of fused-ring (bicyclic) bond motifs is 1. The summed E-state index contributed by atoms with van der Waals surface area (Å²) in [4.78, 5) is 11.0. The Balaban J connectivity index is 1.80. The van der Waals surface area contributed by atoms with Gasteiger partial charge in [-0.15, -0.1) is 0 Å². The summed E-state index contributed by atoms with van der Waals surface area (Å²) >= 11 is 0. The maximum absolute atomic E-state index is 5.89. The molecule has 1 fully saturated rings. The molecule has 2 aromatic rings. The second kappa shape index (κ2) is 5.00. The summed E-state index contributed by atoms with van der Waals surface area (Å²) < 4.78 is 7.55. The van der Waals surface area contributed by atoms with Crippen molar-refractivity contribution >= 4 is 11.6 Å². The van der Waals surface area contributed by atoms with Crippen molar-refractivity contribution in [3.05, 3.63) is 12.3 Å². The molecule has 0 unspecified atom stereocenters. The van der Waals surface area contributed by atoms with Crippen molar-refractivity contribution in [1.82, 2.24) is 24.5 Å². The summed E-state index contributed by atoms with van der Waals surface area (Å²) in [5.41, 5.74) is 0.738. The molecule has 7 heteroatoms. The van der Waals surface area contributed by atoms with Crippen LogP contribution in [-0.4, -0.2) is 57.8 Å². The van der Waals surface area contributed by atoms with E-state index in [9.17, 15) is 0 Å². The van der Waals surface area contributed by atoms with Crippen LogP contribution in [0.1, 0.15) is 12.8 Å². The number of hydrogen-bond donors (Lipinski definition) is 1. The third-order valence-electron chi connectivity index (χ3n) is 3.40. The van der Waals surface area contributed by atoms with Gasteiger partial charge in [0.25, 0.3) is 0 Å². The molecule has 1 aliphatic rings. The van der Waals surface area contributed by atoms with E-state index in [2.05, 4.69) is 32.3 Å². The van der Waals surface area contributed by atoms with Crippen LogP contribution < -0.4 is 10.1 Å². The topological polar surface area (TPSA) is 67.6 Å². The largest absolute Gasteiger partial charge is 0.460 e. The summed E-state index contributed by atoms with van der Waals surface area (Å²) in [6, 6.07) is 2.26. The van der Waals surface area contributed by atoms with Gasteiger partial charge < -0.3 is 15.0 Å². The molecule has 0 spiro atoms. The normalized spacial score (nSPS) is 17.8. The Bertz CT molecular complexity index is 560. The molecule has 0 aromatic carbocycles. The first-order valence-corrected chi connectivity index (χ1v) is 6.51. The van der Waals surface area contributed by atoms with E-state index in [4.69, 9.17) is 4.74 Å². The van der Waals surface area contributed by atoms with Gasteiger partial charge >= 0.3 is 6.01 Å².